The van der Waals surface area contributed by atoms with Gasteiger partial charge in [-0.05, 0) is 22.9 Å². The van der Waals surface area contributed by atoms with Gasteiger partial charge in [0.2, 0.25) is 0 Å². The van der Waals surface area contributed by atoms with Crippen LogP contribution in [0.25, 0.3) is 0 Å². The largest absolute Gasteiger partial charge is 0.494 e. The van der Waals surface area contributed by atoms with Gasteiger partial charge in [0, 0.05) is 4.88 Å². The summed E-state index contributed by atoms with van der Waals surface area (Å²) >= 11 is 4.63. The van der Waals surface area contributed by atoms with Crippen molar-refractivity contribution < 1.29 is 9.53 Å². The number of ether oxygens (including phenoxy) is 1. The maximum Gasteiger partial charge on any atom is 0.262 e. The summed E-state index contributed by atoms with van der Waals surface area (Å²) in [6, 6.07) is 0. The predicted octanol–water partition coefficient (Wildman–Crippen LogP) is 1.93. The fraction of sp³-hybridized carbons (Fsp3) is 0.286. The third-order valence-electron chi connectivity index (χ3n) is 1.40. The van der Waals surface area contributed by atoms with Crippen LogP contribution < -0.4 is 10.5 Å². The zero-order chi connectivity index (χ0) is 9.30. The minimum Gasteiger partial charge on any atom is -0.494 e. The Bertz CT molecular complexity index is 321. The Morgan fingerprint density at radius 2 is 2.25 bits per heavy atom. The van der Waals surface area contributed by atoms with E-state index in [4.69, 9.17) is 10.5 Å². The van der Waals surface area contributed by atoms with Crippen LogP contribution in [0.2, 0.25) is 0 Å². The van der Waals surface area contributed by atoms with E-state index in [-0.39, 0.29) is 0 Å². The molecule has 1 aromatic rings. The number of methoxy groups -OCH3 is 1. The molecule has 0 aliphatic rings. The SMILES string of the molecule is COc1c(C(N)=O)sc(C)c1Br. The molecule has 0 saturated carbocycles. The van der Waals surface area contributed by atoms with E-state index in [1.807, 2.05) is 6.92 Å². The van der Waals surface area contributed by atoms with E-state index in [0.29, 0.717) is 10.6 Å². The van der Waals surface area contributed by atoms with E-state index in [1.165, 1.54) is 18.4 Å². The molecule has 1 rings (SSSR count). The van der Waals surface area contributed by atoms with Crippen LogP contribution in [-0.2, 0) is 0 Å². The summed E-state index contributed by atoms with van der Waals surface area (Å²) in [5.74, 6) is 0.0793. The molecule has 0 saturated heterocycles. The maximum atomic E-state index is 10.9. The molecule has 0 spiro atoms. The van der Waals surface area contributed by atoms with Crippen molar-refractivity contribution in [2.75, 3.05) is 7.11 Å². The minimum atomic E-state index is -0.453. The van der Waals surface area contributed by atoms with E-state index in [1.54, 1.807) is 0 Å². The molecular weight excluding hydrogens is 242 g/mol. The summed E-state index contributed by atoms with van der Waals surface area (Å²) in [6.45, 7) is 1.89. The molecule has 0 radical (unpaired) electrons. The number of aryl methyl sites for hydroxylation is 1. The van der Waals surface area contributed by atoms with Gasteiger partial charge in [-0.1, -0.05) is 0 Å². The van der Waals surface area contributed by atoms with Crippen LogP contribution in [0.5, 0.6) is 5.75 Å². The first-order valence-corrected chi connectivity index (χ1v) is 4.81. The van der Waals surface area contributed by atoms with Crippen molar-refractivity contribution in [1.29, 1.82) is 0 Å². The number of hydrogen-bond donors (Lipinski definition) is 1. The third-order valence-corrected chi connectivity index (χ3v) is 3.72. The highest BCUT2D eigenvalue weighted by Crippen LogP contribution is 2.38. The third kappa shape index (κ3) is 1.47. The van der Waals surface area contributed by atoms with Crippen molar-refractivity contribution in [3.05, 3.63) is 14.2 Å². The Morgan fingerprint density at radius 1 is 1.67 bits per heavy atom. The molecule has 12 heavy (non-hydrogen) atoms. The second kappa shape index (κ2) is 3.45. The topological polar surface area (TPSA) is 52.3 Å². The van der Waals surface area contributed by atoms with Gasteiger partial charge in [-0.15, -0.1) is 11.3 Å². The van der Waals surface area contributed by atoms with Crippen molar-refractivity contribution in [3.63, 3.8) is 0 Å². The van der Waals surface area contributed by atoms with Crippen molar-refractivity contribution in [2.24, 2.45) is 5.73 Å². The fourth-order valence-electron chi connectivity index (χ4n) is 0.848. The van der Waals surface area contributed by atoms with Gasteiger partial charge in [0.15, 0.2) is 5.75 Å². The number of hydrogen-bond acceptors (Lipinski definition) is 3. The zero-order valence-electron chi connectivity index (χ0n) is 6.68. The van der Waals surface area contributed by atoms with Crippen molar-refractivity contribution in [2.45, 2.75) is 6.92 Å². The molecule has 0 aliphatic carbocycles. The second-order valence-electron chi connectivity index (χ2n) is 2.20. The summed E-state index contributed by atoms with van der Waals surface area (Å²) in [5.41, 5.74) is 5.14. The van der Waals surface area contributed by atoms with E-state index in [9.17, 15) is 4.79 Å². The lowest BCUT2D eigenvalue weighted by molar-refractivity contribution is 0.100. The number of halogens is 1. The van der Waals surface area contributed by atoms with Gasteiger partial charge in [-0.2, -0.15) is 0 Å². The first-order valence-electron chi connectivity index (χ1n) is 3.20. The number of nitrogens with two attached hydrogens (primary N) is 1. The zero-order valence-corrected chi connectivity index (χ0v) is 9.08. The van der Waals surface area contributed by atoms with Crippen molar-refractivity contribution >= 4 is 33.2 Å². The Morgan fingerprint density at radius 3 is 2.58 bits per heavy atom. The average Bonchev–Trinajstić information content (AvgIpc) is 2.29. The van der Waals surface area contributed by atoms with Crippen LogP contribution in [0, 0.1) is 6.92 Å². The molecule has 1 aromatic heterocycles. The monoisotopic (exact) mass is 249 g/mol. The lowest BCUT2D eigenvalue weighted by Crippen LogP contribution is -2.09. The highest BCUT2D eigenvalue weighted by Gasteiger charge is 2.17. The van der Waals surface area contributed by atoms with Crippen LogP contribution in [0.4, 0.5) is 0 Å². The van der Waals surface area contributed by atoms with E-state index < -0.39 is 5.91 Å². The number of amides is 1. The van der Waals surface area contributed by atoms with Crippen LogP contribution in [0.3, 0.4) is 0 Å². The molecule has 0 aromatic carbocycles. The first-order chi connectivity index (χ1) is 5.57. The van der Waals surface area contributed by atoms with E-state index in [0.717, 1.165) is 9.35 Å². The molecule has 0 fully saturated rings. The molecule has 5 heteroatoms. The lowest BCUT2D eigenvalue weighted by Gasteiger charge is -1.98. The van der Waals surface area contributed by atoms with Gasteiger partial charge in [-0.3, -0.25) is 4.79 Å². The molecule has 2 N–H and O–H groups in total. The lowest BCUT2D eigenvalue weighted by atomic mass is 10.4. The highest BCUT2D eigenvalue weighted by atomic mass is 79.9. The van der Waals surface area contributed by atoms with Gasteiger partial charge in [-0.25, -0.2) is 0 Å². The summed E-state index contributed by atoms with van der Waals surface area (Å²) in [7, 11) is 1.51. The smallest absolute Gasteiger partial charge is 0.262 e. The Hall–Kier alpha value is -0.550. The summed E-state index contributed by atoms with van der Waals surface area (Å²) in [6.07, 6.45) is 0. The molecule has 0 atom stereocenters. The normalized spacial score (nSPS) is 9.92. The quantitative estimate of drug-likeness (QED) is 0.871. The molecule has 3 nitrogen and oxygen atoms in total. The van der Waals surface area contributed by atoms with Gasteiger partial charge in [0.1, 0.15) is 4.88 Å². The van der Waals surface area contributed by atoms with E-state index >= 15 is 0 Å². The Balaban J connectivity index is 3.29. The Kier molecular flexibility index (Phi) is 2.74. The average molecular weight is 250 g/mol. The summed E-state index contributed by atoms with van der Waals surface area (Å²) < 4.78 is 5.83. The van der Waals surface area contributed by atoms with Crippen LogP contribution in [-0.4, -0.2) is 13.0 Å². The van der Waals surface area contributed by atoms with Crippen molar-refractivity contribution in [3.8, 4) is 5.75 Å². The predicted molar refractivity (Wildman–Crippen MR) is 51.8 cm³/mol. The minimum absolute atomic E-state index is 0.453. The number of rotatable bonds is 2. The van der Waals surface area contributed by atoms with Gasteiger partial charge in [0.25, 0.3) is 5.91 Å². The van der Waals surface area contributed by atoms with Crippen molar-refractivity contribution in [1.82, 2.24) is 0 Å². The summed E-state index contributed by atoms with van der Waals surface area (Å²) in [4.78, 5) is 12.3. The van der Waals surface area contributed by atoms with Gasteiger partial charge < -0.3 is 10.5 Å². The molecule has 1 amide bonds. The molecule has 66 valence electrons. The van der Waals surface area contributed by atoms with Crippen LogP contribution in [0.15, 0.2) is 4.47 Å². The fourth-order valence-corrected chi connectivity index (χ4v) is 2.45. The number of carbonyl (C=O) groups is 1. The number of primary amides is 1. The number of thiophene rings is 1. The standard InChI is InChI=1S/C7H8BrNO2S/c1-3-4(8)5(11-2)6(12-3)7(9)10/h1-2H3,(H2,9,10). The highest BCUT2D eigenvalue weighted by molar-refractivity contribution is 9.10. The first kappa shape index (κ1) is 9.54. The maximum absolute atomic E-state index is 10.9. The molecule has 0 aliphatic heterocycles. The van der Waals surface area contributed by atoms with Crippen LogP contribution >= 0.6 is 27.3 Å². The van der Waals surface area contributed by atoms with Gasteiger partial charge in [0.05, 0.1) is 11.6 Å². The second-order valence-corrected chi connectivity index (χ2v) is 4.22. The summed E-state index contributed by atoms with van der Waals surface area (Å²) in [5, 5.41) is 0. The Labute approximate surface area is 82.6 Å². The van der Waals surface area contributed by atoms with Gasteiger partial charge >= 0.3 is 0 Å². The molecule has 0 unspecified atom stereocenters. The number of carbonyl (C=O) groups excluding carboxylic acids is 1. The molecule has 1 heterocycles. The van der Waals surface area contributed by atoms with E-state index in [2.05, 4.69) is 15.9 Å². The van der Waals surface area contributed by atoms with Crippen LogP contribution in [0.1, 0.15) is 14.5 Å². The molecular formula is C7H8BrNO2S. The molecule has 0 bridgehead atoms.